The molecule has 1 unspecified atom stereocenters. The van der Waals surface area contributed by atoms with Crippen LogP contribution in [0.1, 0.15) is 38.2 Å². The Morgan fingerprint density at radius 3 is 2.43 bits per heavy atom. The van der Waals surface area contributed by atoms with Gasteiger partial charge in [-0.15, -0.1) is 0 Å². The molecule has 3 nitrogen and oxygen atoms in total. The molecule has 1 aliphatic carbocycles. The van der Waals surface area contributed by atoms with Crippen LogP contribution < -0.4 is 5.73 Å². The minimum atomic E-state index is -0.423. The molecular weight excluding hydrogens is 267 g/mol. The van der Waals surface area contributed by atoms with Gasteiger partial charge >= 0.3 is 0 Å². The summed E-state index contributed by atoms with van der Waals surface area (Å²) in [4.78, 5) is 15.0. The van der Waals surface area contributed by atoms with Gasteiger partial charge in [0.05, 0.1) is 5.41 Å². The molecule has 1 amide bonds. The lowest BCUT2D eigenvalue weighted by molar-refractivity contribution is -0.140. The summed E-state index contributed by atoms with van der Waals surface area (Å²) in [6, 6.07) is 6.45. The number of benzene rings is 1. The number of amides is 1. The highest BCUT2D eigenvalue weighted by Gasteiger charge is 2.49. The number of carbonyl (C=O) groups excluding carboxylic acids is 1. The van der Waals surface area contributed by atoms with Crippen molar-refractivity contribution in [3.05, 3.63) is 35.6 Å². The number of nitrogens with zero attached hydrogens (tertiary/aromatic N) is 1. The zero-order valence-electron chi connectivity index (χ0n) is 12.6. The van der Waals surface area contributed by atoms with Crippen LogP contribution in [-0.4, -0.2) is 30.4 Å². The van der Waals surface area contributed by atoms with Crippen molar-refractivity contribution in [3.63, 3.8) is 0 Å². The monoisotopic (exact) mass is 290 g/mol. The van der Waals surface area contributed by atoms with E-state index >= 15 is 0 Å². The maximum Gasteiger partial charge on any atom is 0.233 e. The molecule has 1 saturated carbocycles. The van der Waals surface area contributed by atoms with E-state index in [1.165, 1.54) is 12.1 Å². The third kappa shape index (κ3) is 2.35. The number of hydrogen-bond donors (Lipinski definition) is 1. The minimum Gasteiger partial charge on any atom is -0.341 e. The van der Waals surface area contributed by atoms with E-state index in [9.17, 15) is 9.18 Å². The van der Waals surface area contributed by atoms with E-state index < -0.39 is 5.41 Å². The number of likely N-dealkylation sites (tertiary alicyclic amines) is 1. The predicted octanol–water partition coefficient (Wildman–Crippen LogP) is 2.44. The molecule has 1 saturated heterocycles. The van der Waals surface area contributed by atoms with Gasteiger partial charge in [-0.05, 0) is 48.9 Å². The average Bonchev–Trinajstić information content (AvgIpc) is 2.83. The van der Waals surface area contributed by atoms with Crippen LogP contribution >= 0.6 is 0 Å². The number of hydrogen-bond acceptors (Lipinski definition) is 2. The Balaban J connectivity index is 1.83. The summed E-state index contributed by atoms with van der Waals surface area (Å²) in [5.41, 5.74) is 6.42. The van der Waals surface area contributed by atoms with E-state index in [4.69, 9.17) is 5.73 Å². The smallest absolute Gasteiger partial charge is 0.233 e. The Hall–Kier alpha value is -1.42. The summed E-state index contributed by atoms with van der Waals surface area (Å²) < 4.78 is 13.1. The molecule has 1 aromatic rings. The van der Waals surface area contributed by atoms with Crippen LogP contribution in [0.4, 0.5) is 4.39 Å². The van der Waals surface area contributed by atoms with Crippen LogP contribution in [0.25, 0.3) is 0 Å². The highest BCUT2D eigenvalue weighted by atomic mass is 19.1. The third-order valence-electron chi connectivity index (χ3n) is 5.35. The van der Waals surface area contributed by atoms with Gasteiger partial charge in [-0.2, -0.15) is 0 Å². The van der Waals surface area contributed by atoms with Gasteiger partial charge in [0.1, 0.15) is 5.82 Å². The number of carbonyl (C=O) groups is 1. The summed E-state index contributed by atoms with van der Waals surface area (Å²) in [6.45, 7) is 4.28. The largest absolute Gasteiger partial charge is 0.341 e. The summed E-state index contributed by atoms with van der Waals surface area (Å²) in [5, 5.41) is 0. The second-order valence-electron chi connectivity index (χ2n) is 6.93. The molecule has 1 heterocycles. The van der Waals surface area contributed by atoms with E-state index in [1.807, 2.05) is 4.90 Å². The quantitative estimate of drug-likeness (QED) is 0.929. The Bertz CT molecular complexity index is 538. The first kappa shape index (κ1) is 14.5. The van der Waals surface area contributed by atoms with E-state index in [-0.39, 0.29) is 17.1 Å². The van der Waals surface area contributed by atoms with Crippen molar-refractivity contribution in [2.24, 2.45) is 11.1 Å². The Morgan fingerprint density at radius 2 is 1.95 bits per heavy atom. The highest BCUT2D eigenvalue weighted by Crippen LogP contribution is 2.46. The highest BCUT2D eigenvalue weighted by molar-refractivity contribution is 5.89. The molecule has 21 heavy (non-hydrogen) atoms. The van der Waals surface area contributed by atoms with Crippen molar-refractivity contribution in [1.82, 2.24) is 4.90 Å². The second kappa shape index (κ2) is 5.09. The normalized spacial score (nSPS) is 27.5. The van der Waals surface area contributed by atoms with Crippen LogP contribution in [0, 0.1) is 11.2 Å². The lowest BCUT2D eigenvalue weighted by Crippen LogP contribution is -2.51. The lowest BCUT2D eigenvalue weighted by Gasteiger charge is -2.43. The van der Waals surface area contributed by atoms with E-state index in [0.29, 0.717) is 6.54 Å². The molecule has 0 bridgehead atoms. The predicted molar refractivity (Wildman–Crippen MR) is 80.3 cm³/mol. The van der Waals surface area contributed by atoms with Gasteiger partial charge in [0, 0.05) is 13.1 Å². The Morgan fingerprint density at radius 1 is 1.29 bits per heavy atom. The van der Waals surface area contributed by atoms with Gasteiger partial charge in [0.2, 0.25) is 5.91 Å². The van der Waals surface area contributed by atoms with E-state index in [1.54, 1.807) is 12.1 Å². The van der Waals surface area contributed by atoms with Gasteiger partial charge in [-0.3, -0.25) is 4.79 Å². The minimum absolute atomic E-state index is 0.0450. The van der Waals surface area contributed by atoms with Gasteiger partial charge in [0.15, 0.2) is 0 Å². The molecule has 2 N–H and O–H groups in total. The molecule has 2 fully saturated rings. The first-order valence-corrected chi connectivity index (χ1v) is 7.75. The molecule has 1 atom stereocenters. The van der Waals surface area contributed by atoms with Gasteiger partial charge in [-0.1, -0.05) is 25.5 Å². The van der Waals surface area contributed by atoms with E-state index in [2.05, 4.69) is 6.92 Å². The Kier molecular flexibility index (Phi) is 3.52. The van der Waals surface area contributed by atoms with Gasteiger partial charge in [0.25, 0.3) is 0 Å². The molecule has 4 heteroatoms. The summed E-state index contributed by atoms with van der Waals surface area (Å²) in [7, 11) is 0. The maximum atomic E-state index is 13.1. The first-order chi connectivity index (χ1) is 9.99. The van der Waals surface area contributed by atoms with Crippen molar-refractivity contribution < 1.29 is 9.18 Å². The lowest BCUT2D eigenvalue weighted by atomic mass is 9.63. The van der Waals surface area contributed by atoms with Crippen molar-refractivity contribution in [3.8, 4) is 0 Å². The zero-order chi connectivity index (χ0) is 15.1. The van der Waals surface area contributed by atoms with Crippen LogP contribution in [-0.2, 0) is 10.2 Å². The topological polar surface area (TPSA) is 46.3 Å². The first-order valence-electron chi connectivity index (χ1n) is 7.75. The summed E-state index contributed by atoms with van der Waals surface area (Å²) in [6.07, 6.45) is 3.76. The number of rotatable bonds is 3. The van der Waals surface area contributed by atoms with Crippen LogP contribution in [0.15, 0.2) is 24.3 Å². The SMILES string of the molecule is CC1(CN)CCN(C(=O)C2(c3ccc(F)cc3)CCC2)C1. The maximum absolute atomic E-state index is 13.1. The standard InChI is InChI=1S/C17H23FN2O/c1-16(11-19)9-10-20(12-16)15(21)17(7-2-8-17)13-3-5-14(18)6-4-13/h3-6H,2,7-12,19H2,1H3. The molecule has 3 rings (SSSR count). The van der Waals surface area contributed by atoms with Crippen molar-refractivity contribution in [1.29, 1.82) is 0 Å². The molecule has 114 valence electrons. The molecular formula is C17H23FN2O. The molecule has 1 aromatic carbocycles. The Labute approximate surface area is 125 Å². The second-order valence-corrected chi connectivity index (χ2v) is 6.93. The van der Waals surface area contributed by atoms with Crippen LogP contribution in [0.3, 0.4) is 0 Å². The molecule has 0 spiro atoms. The molecule has 0 aromatic heterocycles. The number of nitrogens with two attached hydrogens (primary N) is 1. The van der Waals surface area contributed by atoms with Crippen molar-refractivity contribution in [2.75, 3.05) is 19.6 Å². The summed E-state index contributed by atoms with van der Waals surface area (Å²) >= 11 is 0. The van der Waals surface area contributed by atoms with E-state index in [0.717, 1.165) is 44.3 Å². The van der Waals surface area contributed by atoms with Crippen molar-refractivity contribution >= 4 is 5.91 Å². The van der Waals surface area contributed by atoms with Crippen LogP contribution in [0.2, 0.25) is 0 Å². The molecule has 2 aliphatic rings. The fourth-order valence-electron chi connectivity index (χ4n) is 3.59. The average molecular weight is 290 g/mol. The third-order valence-corrected chi connectivity index (χ3v) is 5.35. The number of halogens is 1. The van der Waals surface area contributed by atoms with Crippen molar-refractivity contribution in [2.45, 2.75) is 38.0 Å². The molecule has 1 aliphatic heterocycles. The zero-order valence-corrected chi connectivity index (χ0v) is 12.6. The summed E-state index contributed by atoms with van der Waals surface area (Å²) in [5.74, 6) is -0.0462. The fraction of sp³-hybridized carbons (Fsp3) is 0.588. The van der Waals surface area contributed by atoms with Crippen LogP contribution in [0.5, 0.6) is 0 Å². The van der Waals surface area contributed by atoms with Gasteiger partial charge < -0.3 is 10.6 Å². The van der Waals surface area contributed by atoms with Gasteiger partial charge in [-0.25, -0.2) is 4.39 Å². The molecule has 0 radical (unpaired) electrons. The fourth-order valence-corrected chi connectivity index (χ4v) is 3.59.